The van der Waals surface area contributed by atoms with Crippen LogP contribution in [0.2, 0.25) is 0 Å². The molecular weight excluding hydrogens is 252 g/mol. The quantitative estimate of drug-likeness (QED) is 0.829. The van der Waals surface area contributed by atoms with E-state index in [9.17, 15) is 9.59 Å². The second-order valence-corrected chi connectivity index (χ2v) is 5.42. The second kappa shape index (κ2) is 7.08. The van der Waals surface area contributed by atoms with Gasteiger partial charge in [-0.15, -0.1) is 0 Å². The summed E-state index contributed by atoms with van der Waals surface area (Å²) in [5.74, 6) is -1.05. The molecule has 0 saturated heterocycles. The van der Waals surface area contributed by atoms with Gasteiger partial charge in [0.15, 0.2) is 0 Å². The van der Waals surface area contributed by atoms with E-state index in [1.54, 1.807) is 0 Å². The standard InChI is InChI=1S/C16H22N2O2/c1-12-7-5-6-8-13(12)11-17-15(19)16(20)18-14-9-3-2-4-10-14/h5-8,14H,2-4,9-11H2,1H3,(H,17,19)(H,18,20). The minimum absolute atomic E-state index is 0.167. The van der Waals surface area contributed by atoms with E-state index in [0.717, 1.165) is 36.8 Å². The maximum atomic E-state index is 11.8. The van der Waals surface area contributed by atoms with Crippen LogP contribution >= 0.6 is 0 Å². The van der Waals surface area contributed by atoms with Crippen LogP contribution in [-0.4, -0.2) is 17.9 Å². The predicted molar refractivity (Wildman–Crippen MR) is 78.0 cm³/mol. The van der Waals surface area contributed by atoms with Crippen LogP contribution in [0, 0.1) is 6.92 Å². The molecule has 1 aliphatic rings. The number of nitrogens with one attached hydrogen (secondary N) is 2. The van der Waals surface area contributed by atoms with Gasteiger partial charge in [-0.1, -0.05) is 43.5 Å². The molecule has 0 aromatic heterocycles. The van der Waals surface area contributed by atoms with Crippen LogP contribution in [0.15, 0.2) is 24.3 Å². The monoisotopic (exact) mass is 274 g/mol. The molecule has 0 atom stereocenters. The predicted octanol–water partition coefficient (Wildman–Crippen LogP) is 2.06. The number of hydrogen-bond acceptors (Lipinski definition) is 2. The largest absolute Gasteiger partial charge is 0.345 e. The van der Waals surface area contributed by atoms with Gasteiger partial charge in [-0.05, 0) is 30.9 Å². The van der Waals surface area contributed by atoms with Gasteiger partial charge in [-0.25, -0.2) is 0 Å². The van der Waals surface area contributed by atoms with Gasteiger partial charge in [-0.2, -0.15) is 0 Å². The minimum Gasteiger partial charge on any atom is -0.345 e. The van der Waals surface area contributed by atoms with Gasteiger partial charge >= 0.3 is 11.8 Å². The second-order valence-electron chi connectivity index (χ2n) is 5.42. The lowest BCUT2D eigenvalue weighted by atomic mass is 9.95. The summed E-state index contributed by atoms with van der Waals surface area (Å²) in [4.78, 5) is 23.6. The molecule has 0 bridgehead atoms. The minimum atomic E-state index is -0.543. The average Bonchev–Trinajstić information content (AvgIpc) is 2.47. The molecule has 108 valence electrons. The molecular formula is C16H22N2O2. The van der Waals surface area contributed by atoms with Crippen molar-refractivity contribution in [2.75, 3.05) is 0 Å². The Kier molecular flexibility index (Phi) is 5.16. The van der Waals surface area contributed by atoms with Gasteiger partial charge in [0.05, 0.1) is 0 Å². The van der Waals surface area contributed by atoms with Crippen molar-refractivity contribution in [1.29, 1.82) is 0 Å². The summed E-state index contributed by atoms with van der Waals surface area (Å²) >= 11 is 0. The zero-order valence-corrected chi connectivity index (χ0v) is 11.9. The lowest BCUT2D eigenvalue weighted by molar-refractivity contribution is -0.139. The zero-order chi connectivity index (χ0) is 14.4. The molecule has 1 aliphatic carbocycles. The topological polar surface area (TPSA) is 58.2 Å². The first-order valence-electron chi connectivity index (χ1n) is 7.30. The first-order valence-corrected chi connectivity index (χ1v) is 7.30. The molecule has 0 spiro atoms. The van der Waals surface area contributed by atoms with Gasteiger partial charge in [-0.3, -0.25) is 9.59 Å². The molecule has 2 N–H and O–H groups in total. The third-order valence-electron chi connectivity index (χ3n) is 3.85. The van der Waals surface area contributed by atoms with Gasteiger partial charge < -0.3 is 10.6 Å². The Hall–Kier alpha value is -1.84. The molecule has 0 radical (unpaired) electrons. The molecule has 20 heavy (non-hydrogen) atoms. The van der Waals surface area contributed by atoms with Crippen molar-refractivity contribution < 1.29 is 9.59 Å². The third kappa shape index (κ3) is 4.08. The molecule has 4 heteroatoms. The van der Waals surface area contributed by atoms with Gasteiger partial charge in [0.25, 0.3) is 0 Å². The lowest BCUT2D eigenvalue weighted by Crippen LogP contribution is -2.45. The van der Waals surface area contributed by atoms with E-state index in [4.69, 9.17) is 0 Å². The Bertz CT molecular complexity index is 479. The van der Waals surface area contributed by atoms with Crippen LogP contribution in [-0.2, 0) is 16.1 Å². The van der Waals surface area contributed by atoms with E-state index in [0.29, 0.717) is 6.54 Å². The SMILES string of the molecule is Cc1ccccc1CNC(=O)C(=O)NC1CCCCC1. The first-order chi connectivity index (χ1) is 9.66. The molecule has 0 aliphatic heterocycles. The summed E-state index contributed by atoms with van der Waals surface area (Å²) < 4.78 is 0. The highest BCUT2D eigenvalue weighted by molar-refractivity contribution is 6.35. The van der Waals surface area contributed by atoms with Crippen LogP contribution in [0.1, 0.15) is 43.2 Å². The van der Waals surface area contributed by atoms with Crippen molar-refractivity contribution in [1.82, 2.24) is 10.6 Å². The maximum absolute atomic E-state index is 11.8. The molecule has 0 heterocycles. The smallest absolute Gasteiger partial charge is 0.309 e. The van der Waals surface area contributed by atoms with E-state index in [1.165, 1.54) is 6.42 Å². The van der Waals surface area contributed by atoms with E-state index in [2.05, 4.69) is 10.6 Å². The fourth-order valence-electron chi connectivity index (χ4n) is 2.56. The highest BCUT2D eigenvalue weighted by Gasteiger charge is 2.20. The van der Waals surface area contributed by atoms with E-state index < -0.39 is 11.8 Å². The van der Waals surface area contributed by atoms with Crippen LogP contribution < -0.4 is 10.6 Å². The summed E-state index contributed by atoms with van der Waals surface area (Å²) in [5.41, 5.74) is 2.15. The Morgan fingerprint density at radius 1 is 1.10 bits per heavy atom. The van der Waals surface area contributed by atoms with E-state index >= 15 is 0 Å². The molecule has 1 saturated carbocycles. The summed E-state index contributed by atoms with van der Waals surface area (Å²) in [6.07, 6.45) is 5.46. The van der Waals surface area contributed by atoms with Crippen molar-refractivity contribution in [3.63, 3.8) is 0 Å². The number of carbonyl (C=O) groups excluding carboxylic acids is 2. The number of amides is 2. The Morgan fingerprint density at radius 3 is 2.50 bits per heavy atom. The highest BCUT2D eigenvalue weighted by atomic mass is 16.2. The molecule has 1 aromatic carbocycles. The van der Waals surface area contributed by atoms with Crippen LogP contribution in [0.3, 0.4) is 0 Å². The number of carbonyl (C=O) groups is 2. The van der Waals surface area contributed by atoms with Crippen LogP contribution in [0.4, 0.5) is 0 Å². The van der Waals surface area contributed by atoms with Gasteiger partial charge in [0.1, 0.15) is 0 Å². The van der Waals surface area contributed by atoms with Crippen molar-refractivity contribution in [3.8, 4) is 0 Å². The summed E-state index contributed by atoms with van der Waals surface area (Å²) in [5, 5.41) is 5.50. The Morgan fingerprint density at radius 2 is 1.80 bits per heavy atom. The Balaban J connectivity index is 1.79. The molecule has 2 rings (SSSR count). The van der Waals surface area contributed by atoms with Crippen molar-refractivity contribution in [3.05, 3.63) is 35.4 Å². The summed E-state index contributed by atoms with van der Waals surface area (Å²) in [6.45, 7) is 2.38. The summed E-state index contributed by atoms with van der Waals surface area (Å²) in [7, 11) is 0. The zero-order valence-electron chi connectivity index (χ0n) is 11.9. The maximum Gasteiger partial charge on any atom is 0.309 e. The lowest BCUT2D eigenvalue weighted by Gasteiger charge is -2.22. The number of aryl methyl sites for hydroxylation is 1. The third-order valence-corrected chi connectivity index (χ3v) is 3.85. The molecule has 0 unspecified atom stereocenters. The van der Waals surface area contributed by atoms with E-state index in [1.807, 2.05) is 31.2 Å². The highest BCUT2D eigenvalue weighted by Crippen LogP contribution is 2.17. The van der Waals surface area contributed by atoms with Crippen molar-refractivity contribution in [2.45, 2.75) is 51.6 Å². The normalized spacial score (nSPS) is 15.7. The molecule has 1 aromatic rings. The number of benzene rings is 1. The van der Waals surface area contributed by atoms with Crippen molar-refractivity contribution >= 4 is 11.8 Å². The van der Waals surface area contributed by atoms with Crippen LogP contribution in [0.25, 0.3) is 0 Å². The number of hydrogen-bond donors (Lipinski definition) is 2. The Labute approximate surface area is 119 Å². The molecule has 2 amide bonds. The fraction of sp³-hybridized carbons (Fsp3) is 0.500. The van der Waals surface area contributed by atoms with Crippen molar-refractivity contribution in [2.24, 2.45) is 0 Å². The average molecular weight is 274 g/mol. The number of rotatable bonds is 3. The summed E-state index contributed by atoms with van der Waals surface area (Å²) in [6, 6.07) is 7.99. The van der Waals surface area contributed by atoms with E-state index in [-0.39, 0.29) is 6.04 Å². The molecule has 4 nitrogen and oxygen atoms in total. The van der Waals surface area contributed by atoms with Crippen LogP contribution in [0.5, 0.6) is 0 Å². The van der Waals surface area contributed by atoms with Gasteiger partial charge in [0, 0.05) is 12.6 Å². The fourth-order valence-corrected chi connectivity index (χ4v) is 2.56. The first kappa shape index (κ1) is 14.6. The van der Waals surface area contributed by atoms with Gasteiger partial charge in [0.2, 0.25) is 0 Å². The molecule has 1 fully saturated rings.